The average Bonchev–Trinajstić information content (AvgIpc) is 2.87. The van der Waals surface area contributed by atoms with Crippen LogP contribution < -0.4 is 0 Å². The maximum absolute atomic E-state index is 14.3. The van der Waals surface area contributed by atoms with Crippen LogP contribution in [0.4, 0.5) is 0 Å². The van der Waals surface area contributed by atoms with Gasteiger partial charge in [-0.15, -0.1) is 0 Å². The number of ether oxygens (including phenoxy) is 1. The number of halogens is 1. The number of rotatable bonds is 2. The lowest BCUT2D eigenvalue weighted by atomic mass is 9.37. The van der Waals surface area contributed by atoms with Gasteiger partial charge in [0.15, 0.2) is 17.3 Å². The highest BCUT2D eigenvalue weighted by Gasteiger charge is 2.70. The molecule has 0 saturated heterocycles. The molecule has 0 unspecified atom stereocenters. The molecule has 0 aromatic heterocycles. The van der Waals surface area contributed by atoms with Gasteiger partial charge in [-0.05, 0) is 99.0 Å². The lowest BCUT2D eigenvalue weighted by Crippen LogP contribution is -2.65. The molecule has 0 amide bonds. The van der Waals surface area contributed by atoms with Crippen molar-refractivity contribution in [3.8, 4) is 0 Å². The molecule has 1 N–H and O–H groups in total. The Morgan fingerprint density at radius 1 is 1.05 bits per heavy atom. The molecule has 8 atom stereocenters. The number of hydrogen-bond acceptors (Lipinski definition) is 6. The van der Waals surface area contributed by atoms with Crippen LogP contribution in [0.1, 0.15) is 79.6 Å². The number of aliphatic hydroxyl groups is 1. The van der Waals surface area contributed by atoms with E-state index in [1.54, 1.807) is 13.0 Å². The van der Waals surface area contributed by atoms with Crippen LogP contribution in [0.3, 0.4) is 0 Å². The molecular weight excluding hydrogens is 504 g/mol. The zero-order valence-electron chi connectivity index (χ0n) is 23.5. The number of carbonyl (C=O) groups is 4. The highest BCUT2D eigenvalue weighted by atomic mass is 35.5. The summed E-state index contributed by atoms with van der Waals surface area (Å²) in [6.45, 7) is 9.79. The number of aliphatic hydroxyl groups excluding tert-OH is 1. The molecule has 0 radical (unpaired) electrons. The smallest absolute Gasteiger partial charge is 0.312 e. The molecule has 208 valence electrons. The Hall–Kier alpha value is -1.79. The second kappa shape index (κ2) is 8.60. The Bertz CT molecular complexity index is 1180. The molecule has 0 aromatic rings. The summed E-state index contributed by atoms with van der Waals surface area (Å²) in [6.07, 6.45) is 6.78. The van der Waals surface area contributed by atoms with E-state index in [4.69, 9.17) is 16.3 Å². The monoisotopic (exact) mass is 544 g/mol. The lowest BCUT2D eigenvalue weighted by Gasteiger charge is -2.65. The van der Waals surface area contributed by atoms with Crippen LogP contribution in [0.25, 0.3) is 0 Å². The molecule has 0 aromatic carbocycles. The van der Waals surface area contributed by atoms with Crippen molar-refractivity contribution in [3.05, 3.63) is 22.8 Å². The third-order valence-electron chi connectivity index (χ3n) is 12.0. The van der Waals surface area contributed by atoms with E-state index in [-0.39, 0.29) is 46.3 Å². The molecule has 5 aliphatic carbocycles. The zero-order valence-corrected chi connectivity index (χ0v) is 24.2. The Morgan fingerprint density at radius 3 is 2.32 bits per heavy atom. The van der Waals surface area contributed by atoms with Gasteiger partial charge in [-0.1, -0.05) is 32.4 Å². The van der Waals surface area contributed by atoms with Gasteiger partial charge < -0.3 is 9.84 Å². The summed E-state index contributed by atoms with van der Waals surface area (Å²) < 4.78 is 5.36. The van der Waals surface area contributed by atoms with Crippen molar-refractivity contribution in [1.29, 1.82) is 0 Å². The highest BCUT2D eigenvalue weighted by molar-refractivity contribution is 6.36. The first kappa shape index (κ1) is 27.8. The van der Waals surface area contributed by atoms with Gasteiger partial charge in [0.2, 0.25) is 0 Å². The molecule has 7 heteroatoms. The molecule has 0 bridgehead atoms. The summed E-state index contributed by atoms with van der Waals surface area (Å²) in [4.78, 5) is 54.9. The zero-order chi connectivity index (χ0) is 28.1. The largest absolute Gasteiger partial charge is 0.469 e. The number of carbonyl (C=O) groups excluding carboxylic acids is 4. The predicted molar refractivity (Wildman–Crippen MR) is 143 cm³/mol. The molecule has 0 spiro atoms. The summed E-state index contributed by atoms with van der Waals surface area (Å²) in [6, 6.07) is 0. The van der Waals surface area contributed by atoms with E-state index in [0.717, 1.165) is 36.8 Å². The fraction of sp³-hybridized carbons (Fsp3) is 0.742. The van der Waals surface area contributed by atoms with Crippen LogP contribution in [0, 0.1) is 50.7 Å². The fourth-order valence-corrected chi connectivity index (χ4v) is 10.1. The van der Waals surface area contributed by atoms with Gasteiger partial charge in [-0.2, -0.15) is 0 Å². The summed E-state index contributed by atoms with van der Waals surface area (Å²) in [5.41, 5.74) is -1.60. The molecule has 4 fully saturated rings. The maximum atomic E-state index is 14.3. The van der Waals surface area contributed by atoms with Crippen molar-refractivity contribution in [2.45, 2.75) is 79.6 Å². The van der Waals surface area contributed by atoms with Crippen molar-refractivity contribution in [3.63, 3.8) is 0 Å². The van der Waals surface area contributed by atoms with Crippen molar-refractivity contribution in [1.82, 2.24) is 0 Å². The van der Waals surface area contributed by atoms with Gasteiger partial charge in [0.25, 0.3) is 0 Å². The highest BCUT2D eigenvalue weighted by Crippen LogP contribution is 2.70. The molecule has 0 aliphatic heterocycles. The Balaban J connectivity index is 1.67. The Kier molecular flexibility index (Phi) is 6.29. The minimum atomic E-state index is -1.16. The normalized spacial score (nSPS) is 46.9. The third kappa shape index (κ3) is 3.28. The number of esters is 1. The van der Waals surface area contributed by atoms with Gasteiger partial charge in [-0.3, -0.25) is 19.2 Å². The molecule has 6 nitrogen and oxygen atoms in total. The van der Waals surface area contributed by atoms with Gasteiger partial charge in [0.1, 0.15) is 0 Å². The topological polar surface area (TPSA) is 97.7 Å². The number of hydrogen-bond donors (Lipinski definition) is 1. The summed E-state index contributed by atoms with van der Waals surface area (Å²) in [5.74, 6) is -1.92. The van der Waals surface area contributed by atoms with Gasteiger partial charge >= 0.3 is 5.97 Å². The van der Waals surface area contributed by atoms with E-state index in [9.17, 15) is 24.3 Å². The first-order valence-electron chi connectivity index (χ1n) is 14.0. The minimum Gasteiger partial charge on any atom is -0.469 e. The lowest BCUT2D eigenvalue weighted by molar-refractivity contribution is -0.184. The van der Waals surface area contributed by atoms with Gasteiger partial charge in [0, 0.05) is 11.5 Å². The Morgan fingerprint density at radius 2 is 1.71 bits per heavy atom. The predicted octanol–water partition coefficient (Wildman–Crippen LogP) is 5.20. The van der Waals surface area contributed by atoms with Crippen molar-refractivity contribution >= 4 is 34.9 Å². The number of fused-ring (bicyclic) bond motifs is 7. The molecule has 5 rings (SSSR count). The first-order chi connectivity index (χ1) is 17.7. The van der Waals surface area contributed by atoms with E-state index < -0.39 is 40.0 Å². The molecule has 38 heavy (non-hydrogen) atoms. The van der Waals surface area contributed by atoms with Gasteiger partial charge in [-0.25, -0.2) is 0 Å². The summed E-state index contributed by atoms with van der Waals surface area (Å²) >= 11 is 6.04. The van der Waals surface area contributed by atoms with Crippen LogP contribution >= 0.6 is 11.6 Å². The Labute approximate surface area is 230 Å². The number of allylic oxidation sites excluding steroid dienone is 3. The second-order valence-corrected chi connectivity index (χ2v) is 14.5. The van der Waals surface area contributed by atoms with E-state index >= 15 is 0 Å². The molecular formula is C31H41ClO6. The fourth-order valence-electron chi connectivity index (χ4n) is 9.86. The van der Waals surface area contributed by atoms with Crippen LogP contribution in [-0.4, -0.2) is 42.1 Å². The van der Waals surface area contributed by atoms with E-state index in [1.807, 2.05) is 6.92 Å². The maximum Gasteiger partial charge on any atom is 0.312 e. The van der Waals surface area contributed by atoms with Crippen LogP contribution in [0.5, 0.6) is 0 Å². The quantitative estimate of drug-likeness (QED) is 0.291. The third-order valence-corrected chi connectivity index (χ3v) is 12.3. The van der Waals surface area contributed by atoms with Crippen molar-refractivity contribution in [2.24, 2.45) is 50.7 Å². The van der Waals surface area contributed by atoms with Crippen molar-refractivity contribution in [2.75, 3.05) is 13.7 Å². The number of Topliss-reactive ketones (excluding diaryl/α,β-unsaturated/α-hetero) is 2. The average molecular weight is 545 g/mol. The van der Waals surface area contributed by atoms with Crippen LogP contribution in [-0.2, 0) is 23.9 Å². The molecule has 5 aliphatic rings. The standard InChI is InChI=1S/C31H41ClO6/c1-27(2)9-11-31(26(37)38-6)12-10-28(3)18-7-8-22-29(4,16-33)24(35)17(15-32)25(36)30(22,5)19(18)13-21(34)23(28)20(31)14-27/h13,15,18,20,22-23,33H,7-12,14,16H2,1-6H3/b17-15-/t18-,20+,22+,23+,28+,29-,30-,31+/m1/s1. The van der Waals surface area contributed by atoms with Gasteiger partial charge in [0.05, 0.1) is 35.5 Å². The molecule has 4 saturated carbocycles. The number of methoxy groups -OCH3 is 1. The van der Waals surface area contributed by atoms with E-state index in [1.165, 1.54) is 7.11 Å². The van der Waals surface area contributed by atoms with Crippen LogP contribution in [0.2, 0.25) is 0 Å². The number of ketones is 3. The minimum absolute atomic E-state index is 0.0109. The van der Waals surface area contributed by atoms with Crippen LogP contribution in [0.15, 0.2) is 22.8 Å². The molecule has 0 heterocycles. The van der Waals surface area contributed by atoms with E-state index in [2.05, 4.69) is 20.8 Å². The summed E-state index contributed by atoms with van der Waals surface area (Å²) in [7, 11) is 1.45. The first-order valence-corrected chi connectivity index (χ1v) is 14.5. The van der Waals surface area contributed by atoms with Crippen molar-refractivity contribution < 1.29 is 29.0 Å². The summed E-state index contributed by atoms with van der Waals surface area (Å²) in [5, 5.41) is 10.4. The SMILES string of the molecule is COC(=O)[C@]12CCC(C)(C)C[C@H]1[C@H]1C(=O)C=C3[C@@H](CC[C@@H]4[C@]3(C)C(=O)/C(=C\Cl)C(=O)[C@]4(C)CO)[C@]1(C)CC2. The van der Waals surface area contributed by atoms with E-state index in [0.29, 0.717) is 19.3 Å². The second-order valence-electron chi connectivity index (χ2n) is 14.2.